The van der Waals surface area contributed by atoms with Crippen molar-refractivity contribution in [3.8, 4) is 0 Å². The maximum absolute atomic E-state index is 13.1. The quantitative estimate of drug-likeness (QED) is 0.739. The van der Waals surface area contributed by atoms with Gasteiger partial charge in [0, 0.05) is 16.8 Å². The van der Waals surface area contributed by atoms with Gasteiger partial charge in [-0.15, -0.1) is 11.3 Å². The third-order valence-corrected chi connectivity index (χ3v) is 3.59. The van der Waals surface area contributed by atoms with Crippen molar-refractivity contribution in [2.24, 2.45) is 0 Å². The Kier molecular flexibility index (Phi) is 2.89. The Hall–Kier alpha value is -2.09. The Morgan fingerprint density at radius 3 is 2.75 bits per heavy atom. The molecule has 3 rings (SSSR count). The number of alkyl halides is 3. The van der Waals surface area contributed by atoms with Gasteiger partial charge in [-0.25, -0.2) is 4.98 Å². The fraction of sp³-hybridized carbons (Fsp3) is 0.167. The molecule has 1 aromatic carbocycles. The van der Waals surface area contributed by atoms with Gasteiger partial charge in [0.15, 0.2) is 0 Å². The van der Waals surface area contributed by atoms with E-state index < -0.39 is 12.0 Å². The molecule has 0 atom stereocenters. The van der Waals surface area contributed by atoms with Gasteiger partial charge in [-0.3, -0.25) is 4.98 Å². The maximum atomic E-state index is 13.1. The molecule has 104 valence electrons. The first-order chi connectivity index (χ1) is 9.45. The summed E-state index contributed by atoms with van der Waals surface area (Å²) < 4.78 is 40.4. The number of hydrogen-bond acceptors (Lipinski definition) is 4. The molecule has 20 heavy (non-hydrogen) atoms. The molecular formula is C12H9F3N4S. The number of halogens is 3. The highest BCUT2D eigenvalue weighted by Crippen LogP contribution is 2.32. The minimum atomic E-state index is -4.52. The summed E-state index contributed by atoms with van der Waals surface area (Å²) in [4.78, 5) is 8.27. The summed E-state index contributed by atoms with van der Waals surface area (Å²) in [6.45, 7) is 0.0833. The van der Waals surface area contributed by atoms with Crippen molar-refractivity contribution in [3.05, 3.63) is 40.6 Å². The van der Waals surface area contributed by atoms with Gasteiger partial charge in [0.25, 0.3) is 0 Å². The predicted molar refractivity (Wildman–Crippen MR) is 70.4 cm³/mol. The minimum absolute atomic E-state index is 0.0833. The van der Waals surface area contributed by atoms with Crippen LogP contribution in [0.1, 0.15) is 10.7 Å². The van der Waals surface area contributed by atoms with Crippen LogP contribution in [-0.2, 0) is 12.7 Å². The number of nitrogens with two attached hydrogens (primary N) is 1. The summed E-state index contributed by atoms with van der Waals surface area (Å²) in [5.41, 5.74) is 8.20. The minimum Gasteiger partial charge on any atom is -0.399 e. The molecule has 0 saturated carbocycles. The molecule has 0 aliphatic heterocycles. The van der Waals surface area contributed by atoms with Gasteiger partial charge in [0.05, 0.1) is 23.1 Å². The van der Waals surface area contributed by atoms with Crippen molar-refractivity contribution in [1.82, 2.24) is 14.5 Å². The normalized spacial score (nSPS) is 12.2. The van der Waals surface area contributed by atoms with Crippen LogP contribution < -0.4 is 5.73 Å². The highest BCUT2D eigenvalue weighted by atomic mass is 32.1. The molecule has 0 unspecified atom stereocenters. The summed E-state index contributed by atoms with van der Waals surface area (Å²) in [7, 11) is 0. The molecule has 3 aromatic rings. The van der Waals surface area contributed by atoms with Crippen LogP contribution in [0, 0.1) is 0 Å². The molecule has 2 N–H and O–H groups in total. The predicted octanol–water partition coefficient (Wildman–Crippen LogP) is 3.14. The number of imidazole rings is 1. The van der Waals surface area contributed by atoms with E-state index in [2.05, 4.69) is 9.97 Å². The first-order valence-electron chi connectivity index (χ1n) is 5.65. The number of thiazole rings is 1. The number of rotatable bonds is 2. The van der Waals surface area contributed by atoms with Crippen LogP contribution in [0.25, 0.3) is 11.0 Å². The third-order valence-electron chi connectivity index (χ3n) is 2.82. The van der Waals surface area contributed by atoms with E-state index in [9.17, 15) is 13.2 Å². The van der Waals surface area contributed by atoms with E-state index in [1.54, 1.807) is 23.8 Å². The first-order valence-corrected chi connectivity index (χ1v) is 6.53. The number of hydrogen-bond donors (Lipinski definition) is 1. The lowest BCUT2D eigenvalue weighted by Crippen LogP contribution is -2.15. The van der Waals surface area contributed by atoms with Gasteiger partial charge in [-0.1, -0.05) is 0 Å². The number of nitrogens with zero attached hydrogens (tertiary/aromatic N) is 3. The molecule has 0 spiro atoms. The van der Waals surface area contributed by atoms with Gasteiger partial charge >= 0.3 is 6.18 Å². The number of nitrogen functional groups attached to an aromatic ring is 1. The monoisotopic (exact) mass is 298 g/mol. The fourth-order valence-electron chi connectivity index (χ4n) is 2.00. The Balaban J connectivity index is 2.20. The van der Waals surface area contributed by atoms with Crippen molar-refractivity contribution in [2.75, 3.05) is 5.73 Å². The maximum Gasteiger partial charge on any atom is 0.449 e. The van der Waals surface area contributed by atoms with E-state index >= 15 is 0 Å². The summed E-state index contributed by atoms with van der Waals surface area (Å²) in [5, 5.41) is 0. The van der Waals surface area contributed by atoms with Crippen molar-refractivity contribution in [2.45, 2.75) is 12.7 Å². The van der Waals surface area contributed by atoms with Crippen molar-refractivity contribution in [1.29, 1.82) is 0 Å². The van der Waals surface area contributed by atoms with Crippen LogP contribution in [0.15, 0.2) is 29.9 Å². The van der Waals surface area contributed by atoms with Gasteiger partial charge in [-0.05, 0) is 18.2 Å². The third kappa shape index (κ3) is 2.22. The second kappa shape index (κ2) is 4.48. The zero-order valence-corrected chi connectivity index (χ0v) is 10.9. The van der Waals surface area contributed by atoms with Crippen LogP contribution in [0.2, 0.25) is 0 Å². The lowest BCUT2D eigenvalue weighted by Gasteiger charge is -2.10. The lowest BCUT2D eigenvalue weighted by atomic mass is 10.3. The molecule has 4 nitrogen and oxygen atoms in total. The van der Waals surface area contributed by atoms with Crippen LogP contribution in [-0.4, -0.2) is 14.5 Å². The molecule has 2 heterocycles. The lowest BCUT2D eigenvalue weighted by molar-refractivity contribution is -0.146. The van der Waals surface area contributed by atoms with E-state index in [1.165, 1.54) is 17.4 Å². The first kappa shape index (κ1) is 12.9. The summed E-state index contributed by atoms with van der Waals surface area (Å²) in [5.74, 6) is -0.925. The Bertz CT molecular complexity index is 746. The summed E-state index contributed by atoms with van der Waals surface area (Å²) in [6.07, 6.45) is -2.97. The van der Waals surface area contributed by atoms with E-state index in [4.69, 9.17) is 5.73 Å². The number of aromatic nitrogens is 3. The van der Waals surface area contributed by atoms with Gasteiger partial charge in [0.2, 0.25) is 5.82 Å². The number of fused-ring (bicyclic) bond motifs is 1. The van der Waals surface area contributed by atoms with Crippen LogP contribution in [0.5, 0.6) is 0 Å². The zero-order valence-electron chi connectivity index (χ0n) is 10.1. The molecule has 0 fully saturated rings. The summed E-state index contributed by atoms with van der Waals surface area (Å²) in [6, 6.07) is 4.55. The Labute approximate surface area is 115 Å². The molecule has 0 aliphatic carbocycles. The molecule has 0 saturated heterocycles. The molecule has 0 amide bonds. The zero-order chi connectivity index (χ0) is 14.3. The largest absolute Gasteiger partial charge is 0.449 e. The average molecular weight is 298 g/mol. The second-order valence-electron chi connectivity index (χ2n) is 4.24. The van der Waals surface area contributed by atoms with E-state index in [-0.39, 0.29) is 12.1 Å². The van der Waals surface area contributed by atoms with Crippen molar-refractivity contribution in [3.63, 3.8) is 0 Å². The van der Waals surface area contributed by atoms with Crippen LogP contribution >= 0.6 is 11.3 Å². The number of anilines is 1. The Morgan fingerprint density at radius 2 is 2.10 bits per heavy atom. The molecule has 8 heteroatoms. The molecule has 0 bridgehead atoms. The molecule has 0 aliphatic rings. The molecule has 0 radical (unpaired) electrons. The fourth-order valence-corrected chi connectivity index (χ4v) is 2.58. The Morgan fingerprint density at radius 1 is 1.30 bits per heavy atom. The number of benzene rings is 1. The van der Waals surface area contributed by atoms with Gasteiger partial charge in [-0.2, -0.15) is 13.2 Å². The van der Waals surface area contributed by atoms with Crippen LogP contribution in [0.4, 0.5) is 18.9 Å². The highest BCUT2D eigenvalue weighted by molar-refractivity contribution is 7.09. The van der Waals surface area contributed by atoms with Gasteiger partial charge in [0.1, 0.15) is 0 Å². The van der Waals surface area contributed by atoms with E-state index in [1.807, 2.05) is 0 Å². The smallest absolute Gasteiger partial charge is 0.399 e. The topological polar surface area (TPSA) is 56.7 Å². The van der Waals surface area contributed by atoms with Crippen molar-refractivity contribution < 1.29 is 13.2 Å². The van der Waals surface area contributed by atoms with Crippen LogP contribution in [0.3, 0.4) is 0 Å². The summed E-state index contributed by atoms with van der Waals surface area (Å²) >= 11 is 1.30. The SMILES string of the molecule is Nc1ccc2c(c1)nc(C(F)(F)F)n2Cc1cncs1. The van der Waals surface area contributed by atoms with Gasteiger partial charge < -0.3 is 10.3 Å². The second-order valence-corrected chi connectivity index (χ2v) is 5.21. The van der Waals surface area contributed by atoms with E-state index in [0.717, 1.165) is 9.44 Å². The average Bonchev–Trinajstić information content (AvgIpc) is 2.97. The standard InChI is InChI=1S/C12H9F3N4S/c13-12(14,15)11-18-9-3-7(16)1-2-10(9)19(11)5-8-4-17-6-20-8/h1-4,6H,5,16H2. The van der Waals surface area contributed by atoms with E-state index in [0.29, 0.717) is 11.2 Å². The highest BCUT2D eigenvalue weighted by Gasteiger charge is 2.37. The molecule has 2 aromatic heterocycles. The molecular weight excluding hydrogens is 289 g/mol. The van der Waals surface area contributed by atoms with Crippen molar-refractivity contribution >= 4 is 28.1 Å².